The highest BCUT2D eigenvalue weighted by molar-refractivity contribution is 14.1. The highest BCUT2D eigenvalue weighted by atomic mass is 127. The summed E-state index contributed by atoms with van der Waals surface area (Å²) >= 11 is 2.26. The molecule has 0 spiro atoms. The minimum atomic E-state index is -0.519. The lowest BCUT2D eigenvalue weighted by atomic mass is 10.1. The van der Waals surface area contributed by atoms with E-state index in [9.17, 15) is 0 Å². The minimum absolute atomic E-state index is 0.519. The van der Waals surface area contributed by atoms with E-state index in [1.165, 1.54) is 3.57 Å². The van der Waals surface area contributed by atoms with Crippen LogP contribution in [-0.2, 0) is 4.84 Å². The summed E-state index contributed by atoms with van der Waals surface area (Å²) in [7, 11) is 0. The van der Waals surface area contributed by atoms with Crippen LogP contribution >= 0.6 is 22.6 Å². The molecule has 3 heteroatoms. The maximum atomic E-state index is 7.32. The highest BCUT2D eigenvalue weighted by Crippen LogP contribution is 2.12. The molecule has 0 saturated heterocycles. The summed E-state index contributed by atoms with van der Waals surface area (Å²) < 4.78 is 8.51. The van der Waals surface area contributed by atoms with Crippen LogP contribution in [0, 0.1) is 3.57 Å². The molecule has 0 radical (unpaired) electrons. The predicted molar refractivity (Wildman–Crippen MR) is 56.3 cm³/mol. The zero-order valence-electron chi connectivity index (χ0n) is 7.33. The number of rotatable bonds is 1. The van der Waals surface area contributed by atoms with Gasteiger partial charge in [0, 0.05) is 9.99 Å². The molecule has 1 heterocycles. The molecule has 0 aliphatic carbocycles. The van der Waals surface area contributed by atoms with Crippen molar-refractivity contribution in [3.8, 4) is 0 Å². The van der Waals surface area contributed by atoms with Crippen molar-refractivity contribution in [3.63, 3.8) is 0 Å². The van der Waals surface area contributed by atoms with Crippen molar-refractivity contribution in [3.05, 3.63) is 33.4 Å². The van der Waals surface area contributed by atoms with Gasteiger partial charge in [0.1, 0.15) is 6.58 Å². The van der Waals surface area contributed by atoms with Crippen LogP contribution in [0.15, 0.2) is 29.4 Å². The van der Waals surface area contributed by atoms with Crippen molar-refractivity contribution in [1.29, 1.82) is 0 Å². The van der Waals surface area contributed by atoms with E-state index in [2.05, 4.69) is 27.7 Å². The largest absolute Gasteiger partial charge is 0.395 e. The molecule has 2 nitrogen and oxygen atoms in total. The topological polar surface area (TPSA) is 21.6 Å². The Morgan fingerprint density at radius 2 is 2.17 bits per heavy atom. The Hall–Kier alpha value is -0.580. The number of hydrogen-bond donors (Lipinski definition) is 0. The summed E-state index contributed by atoms with van der Waals surface area (Å²) in [5.74, 6) is 0. The lowest BCUT2D eigenvalue weighted by Crippen LogP contribution is -1.96. The van der Waals surface area contributed by atoms with Crippen LogP contribution in [0.5, 0.6) is 0 Å². The van der Waals surface area contributed by atoms with Crippen LogP contribution in [0.1, 0.15) is 13.4 Å². The molecule has 0 N–H and O–H groups in total. The number of halogens is 1. The number of benzene rings is 1. The first-order chi connectivity index (χ1) is 6.25. The van der Waals surface area contributed by atoms with E-state index >= 15 is 0 Å². The number of hydrogen-bond acceptors (Lipinski definition) is 2. The van der Waals surface area contributed by atoms with Gasteiger partial charge in [-0.1, -0.05) is 17.3 Å². The van der Waals surface area contributed by atoms with E-state index in [-0.39, 0.29) is 0 Å². The second kappa shape index (κ2) is 3.43. The van der Waals surface area contributed by atoms with Gasteiger partial charge in [-0.3, -0.25) is 0 Å². The molecule has 0 aromatic heterocycles. The normalized spacial score (nSPS) is 22.9. The Morgan fingerprint density at radius 3 is 2.75 bits per heavy atom. The second-order valence-corrected chi connectivity index (χ2v) is 3.77. The molecule has 1 aliphatic heterocycles. The third-order valence-corrected chi connectivity index (χ3v) is 2.41. The molecular formula is C9H8INO. The molecule has 1 aromatic rings. The summed E-state index contributed by atoms with van der Waals surface area (Å²) in [6.07, 6.45) is 0.584. The lowest BCUT2D eigenvalue weighted by molar-refractivity contribution is 0.174. The van der Waals surface area contributed by atoms with E-state index in [4.69, 9.17) is 6.21 Å². The average molecular weight is 274 g/mol. The van der Waals surface area contributed by atoms with Gasteiger partial charge in [-0.25, -0.2) is 0 Å². The Bertz CT molecular complexity index is 336. The Labute approximate surface area is 86.2 Å². The molecule has 1 atom stereocenters. The molecule has 1 unspecified atom stereocenters. The minimum Gasteiger partial charge on any atom is -0.395 e. The third-order valence-electron chi connectivity index (χ3n) is 1.69. The smallest absolute Gasteiger partial charge is 0.122 e. The third kappa shape index (κ3) is 1.60. The standard InChI is InChI=1S/C9H8INO/c10-8-3-1-7(2-4-8)9-5-6-12-11-9/h1-4H,5-6H2/i6D. The van der Waals surface area contributed by atoms with E-state index < -0.39 is 6.58 Å². The van der Waals surface area contributed by atoms with Crippen LogP contribution in [-0.4, -0.2) is 12.3 Å². The molecule has 1 aliphatic rings. The van der Waals surface area contributed by atoms with Crippen molar-refractivity contribution < 1.29 is 6.21 Å². The lowest BCUT2D eigenvalue weighted by Gasteiger charge is -1.96. The van der Waals surface area contributed by atoms with Crippen LogP contribution in [0.4, 0.5) is 0 Å². The molecule has 0 saturated carbocycles. The fourth-order valence-corrected chi connectivity index (χ4v) is 1.43. The van der Waals surface area contributed by atoms with Crippen molar-refractivity contribution >= 4 is 28.3 Å². The van der Waals surface area contributed by atoms with Gasteiger partial charge in [0.2, 0.25) is 0 Å². The van der Waals surface area contributed by atoms with Gasteiger partial charge in [-0.15, -0.1) is 0 Å². The molecule has 2 rings (SSSR count). The maximum Gasteiger partial charge on any atom is 0.122 e. The van der Waals surface area contributed by atoms with Crippen molar-refractivity contribution in [1.82, 2.24) is 0 Å². The van der Waals surface area contributed by atoms with Gasteiger partial charge >= 0.3 is 0 Å². The van der Waals surface area contributed by atoms with Gasteiger partial charge < -0.3 is 4.84 Å². The first kappa shape index (κ1) is 6.88. The van der Waals surface area contributed by atoms with Gasteiger partial charge in [0.05, 0.1) is 7.08 Å². The zero-order chi connectivity index (χ0) is 9.26. The van der Waals surface area contributed by atoms with Crippen molar-refractivity contribution in [2.45, 2.75) is 6.42 Å². The van der Waals surface area contributed by atoms with Crippen LogP contribution in [0.2, 0.25) is 0 Å². The van der Waals surface area contributed by atoms with Crippen LogP contribution < -0.4 is 0 Å². The molecule has 0 fully saturated rings. The van der Waals surface area contributed by atoms with Gasteiger partial charge in [-0.2, -0.15) is 0 Å². The summed E-state index contributed by atoms with van der Waals surface area (Å²) in [6, 6.07) is 8.05. The van der Waals surface area contributed by atoms with Gasteiger partial charge in [0.25, 0.3) is 0 Å². The number of nitrogens with zero attached hydrogens (tertiary/aromatic N) is 1. The highest BCUT2D eigenvalue weighted by Gasteiger charge is 2.09. The monoisotopic (exact) mass is 274 g/mol. The molecule has 62 valence electrons. The molecule has 0 amide bonds. The Kier molecular flexibility index (Phi) is 1.97. The van der Waals surface area contributed by atoms with E-state index in [1.807, 2.05) is 24.3 Å². The van der Waals surface area contributed by atoms with E-state index in [0.29, 0.717) is 6.42 Å². The van der Waals surface area contributed by atoms with E-state index in [1.54, 1.807) is 0 Å². The summed E-state index contributed by atoms with van der Waals surface area (Å²) in [5, 5.41) is 3.84. The number of oxime groups is 1. The van der Waals surface area contributed by atoms with Gasteiger partial charge in [0.15, 0.2) is 0 Å². The van der Waals surface area contributed by atoms with Crippen molar-refractivity contribution in [2.75, 3.05) is 6.58 Å². The van der Waals surface area contributed by atoms with Gasteiger partial charge in [-0.05, 0) is 40.3 Å². The SMILES string of the molecule is [2H]C1CC(c2ccc(I)cc2)=NO1. The predicted octanol–water partition coefficient (Wildman–Crippen LogP) is 2.42. The average Bonchev–Trinajstić information content (AvgIpc) is 2.53. The summed E-state index contributed by atoms with van der Waals surface area (Å²) in [5.41, 5.74) is 1.92. The first-order valence-corrected chi connectivity index (χ1v) is 4.74. The summed E-state index contributed by atoms with van der Waals surface area (Å²) in [4.78, 5) is 4.80. The van der Waals surface area contributed by atoms with E-state index in [0.717, 1.165) is 11.3 Å². The Balaban J connectivity index is 2.22. The van der Waals surface area contributed by atoms with Crippen LogP contribution in [0.25, 0.3) is 0 Å². The first-order valence-electron chi connectivity index (χ1n) is 4.24. The molecule has 12 heavy (non-hydrogen) atoms. The fourth-order valence-electron chi connectivity index (χ4n) is 1.07. The molecule has 0 bridgehead atoms. The van der Waals surface area contributed by atoms with Crippen molar-refractivity contribution in [2.24, 2.45) is 5.16 Å². The summed E-state index contributed by atoms with van der Waals surface area (Å²) in [6.45, 7) is -0.519. The second-order valence-electron chi connectivity index (χ2n) is 2.52. The molecular weight excluding hydrogens is 265 g/mol. The zero-order valence-corrected chi connectivity index (χ0v) is 8.48. The maximum absolute atomic E-state index is 7.32. The van der Waals surface area contributed by atoms with Crippen LogP contribution in [0.3, 0.4) is 0 Å². The Morgan fingerprint density at radius 1 is 1.42 bits per heavy atom. The molecule has 1 aromatic carbocycles. The quantitative estimate of drug-likeness (QED) is 0.721. The fraction of sp³-hybridized carbons (Fsp3) is 0.222.